The third-order valence-corrected chi connectivity index (χ3v) is 4.12. The Bertz CT molecular complexity index is 481. The Morgan fingerprint density at radius 1 is 1.55 bits per heavy atom. The number of rotatable bonds is 4. The van der Waals surface area contributed by atoms with Crippen LogP contribution in [0.15, 0.2) is 22.7 Å². The van der Waals surface area contributed by atoms with E-state index in [1.165, 1.54) is 25.0 Å². The molecule has 1 saturated heterocycles. The lowest BCUT2D eigenvalue weighted by molar-refractivity contribution is 0.0939. The van der Waals surface area contributed by atoms with Gasteiger partial charge in [0.15, 0.2) is 0 Å². The molecule has 1 aliphatic rings. The summed E-state index contributed by atoms with van der Waals surface area (Å²) in [7, 11) is 0. The average Bonchev–Trinajstić information content (AvgIpc) is 2.41. The van der Waals surface area contributed by atoms with Gasteiger partial charge >= 0.3 is 0 Å². The molecule has 0 unspecified atom stereocenters. The first-order chi connectivity index (χ1) is 9.56. The molecule has 1 heterocycles. The first kappa shape index (κ1) is 15.4. The molecule has 1 N–H and O–H groups in total. The second kappa shape index (κ2) is 7.18. The largest absolute Gasteiger partial charge is 0.351 e. The molecule has 1 amide bonds. The molecular formula is C15H20BrFN2O. The number of hydrogen-bond donors (Lipinski definition) is 1. The lowest BCUT2D eigenvalue weighted by Gasteiger charge is -2.30. The van der Waals surface area contributed by atoms with Crippen molar-refractivity contribution in [1.29, 1.82) is 0 Å². The number of carbonyl (C=O) groups is 1. The van der Waals surface area contributed by atoms with Gasteiger partial charge in [-0.05, 0) is 43.5 Å². The number of halogens is 2. The first-order valence-corrected chi connectivity index (χ1v) is 7.81. The van der Waals surface area contributed by atoms with Gasteiger partial charge in [0.1, 0.15) is 5.82 Å². The van der Waals surface area contributed by atoms with Crippen LogP contribution in [-0.4, -0.2) is 37.0 Å². The molecule has 0 radical (unpaired) electrons. The van der Waals surface area contributed by atoms with Crippen LogP contribution in [-0.2, 0) is 0 Å². The molecule has 2 rings (SSSR count). The molecular weight excluding hydrogens is 323 g/mol. The summed E-state index contributed by atoms with van der Waals surface area (Å²) >= 11 is 3.25. The van der Waals surface area contributed by atoms with Crippen molar-refractivity contribution >= 4 is 21.8 Å². The number of piperidine rings is 1. The van der Waals surface area contributed by atoms with Crippen LogP contribution < -0.4 is 5.32 Å². The SMILES string of the molecule is C[C@H]1CCCN(CCNC(=O)c2cc(Br)ccc2F)C1. The molecule has 0 saturated carbocycles. The number of nitrogens with one attached hydrogen (secondary N) is 1. The fourth-order valence-corrected chi connectivity index (χ4v) is 2.95. The highest BCUT2D eigenvalue weighted by Crippen LogP contribution is 2.16. The minimum Gasteiger partial charge on any atom is -0.351 e. The summed E-state index contributed by atoms with van der Waals surface area (Å²) in [5, 5.41) is 2.79. The first-order valence-electron chi connectivity index (χ1n) is 7.02. The summed E-state index contributed by atoms with van der Waals surface area (Å²) < 4.78 is 14.3. The highest BCUT2D eigenvalue weighted by molar-refractivity contribution is 9.10. The van der Waals surface area contributed by atoms with Crippen molar-refractivity contribution in [2.24, 2.45) is 5.92 Å². The number of likely N-dealkylation sites (tertiary alicyclic amines) is 1. The third kappa shape index (κ3) is 4.28. The lowest BCUT2D eigenvalue weighted by Crippen LogP contribution is -2.40. The molecule has 1 aromatic rings. The summed E-state index contributed by atoms with van der Waals surface area (Å²) in [5.41, 5.74) is 0.0892. The molecule has 0 bridgehead atoms. The highest BCUT2D eigenvalue weighted by Gasteiger charge is 2.16. The maximum Gasteiger partial charge on any atom is 0.254 e. The van der Waals surface area contributed by atoms with Gasteiger partial charge in [0.05, 0.1) is 5.56 Å². The number of carbonyl (C=O) groups excluding carboxylic acids is 1. The van der Waals surface area contributed by atoms with E-state index in [4.69, 9.17) is 0 Å². The van der Waals surface area contributed by atoms with Crippen molar-refractivity contribution in [2.75, 3.05) is 26.2 Å². The van der Waals surface area contributed by atoms with Crippen molar-refractivity contribution in [1.82, 2.24) is 10.2 Å². The van der Waals surface area contributed by atoms with Gasteiger partial charge in [0.25, 0.3) is 5.91 Å². The Kier molecular flexibility index (Phi) is 5.54. The van der Waals surface area contributed by atoms with Crippen LogP contribution in [0.4, 0.5) is 4.39 Å². The van der Waals surface area contributed by atoms with E-state index in [2.05, 4.69) is 33.1 Å². The highest BCUT2D eigenvalue weighted by atomic mass is 79.9. The fraction of sp³-hybridized carbons (Fsp3) is 0.533. The van der Waals surface area contributed by atoms with Gasteiger partial charge < -0.3 is 10.2 Å². The van der Waals surface area contributed by atoms with Gasteiger partial charge in [-0.25, -0.2) is 4.39 Å². The molecule has 20 heavy (non-hydrogen) atoms. The van der Waals surface area contributed by atoms with Gasteiger partial charge in [0.2, 0.25) is 0 Å². The van der Waals surface area contributed by atoms with Gasteiger partial charge in [0, 0.05) is 24.1 Å². The third-order valence-electron chi connectivity index (χ3n) is 3.63. The molecule has 1 aliphatic heterocycles. The van der Waals surface area contributed by atoms with Crippen molar-refractivity contribution in [2.45, 2.75) is 19.8 Å². The number of amides is 1. The standard InChI is InChI=1S/C15H20BrFN2O/c1-11-3-2-7-19(10-11)8-6-18-15(20)13-9-12(16)4-5-14(13)17/h4-5,9,11H,2-3,6-8,10H2,1H3,(H,18,20)/t11-/m0/s1. The van der Waals surface area contributed by atoms with E-state index < -0.39 is 5.82 Å². The molecule has 5 heteroatoms. The van der Waals surface area contributed by atoms with Gasteiger partial charge in [-0.15, -0.1) is 0 Å². The number of nitrogens with zero attached hydrogens (tertiary/aromatic N) is 1. The van der Waals surface area contributed by atoms with E-state index in [1.54, 1.807) is 6.07 Å². The second-order valence-corrected chi connectivity index (χ2v) is 6.34. The van der Waals surface area contributed by atoms with Crippen LogP contribution in [0.25, 0.3) is 0 Å². The zero-order chi connectivity index (χ0) is 14.5. The van der Waals surface area contributed by atoms with Gasteiger partial charge in [-0.3, -0.25) is 4.79 Å². The molecule has 0 spiro atoms. The van der Waals surface area contributed by atoms with E-state index >= 15 is 0 Å². The van der Waals surface area contributed by atoms with Crippen molar-refractivity contribution in [3.05, 3.63) is 34.1 Å². The quantitative estimate of drug-likeness (QED) is 0.911. The van der Waals surface area contributed by atoms with Crippen LogP contribution >= 0.6 is 15.9 Å². The topological polar surface area (TPSA) is 32.3 Å². The Hall–Kier alpha value is -0.940. The summed E-state index contributed by atoms with van der Waals surface area (Å²) in [6.45, 7) is 5.80. The molecule has 1 aromatic carbocycles. The second-order valence-electron chi connectivity index (χ2n) is 5.43. The lowest BCUT2D eigenvalue weighted by atomic mass is 10.0. The Morgan fingerprint density at radius 2 is 2.35 bits per heavy atom. The van der Waals surface area contributed by atoms with Crippen LogP contribution in [0.2, 0.25) is 0 Å². The fourth-order valence-electron chi connectivity index (χ4n) is 2.58. The summed E-state index contributed by atoms with van der Waals surface area (Å²) in [6.07, 6.45) is 2.50. The predicted octanol–water partition coefficient (Wildman–Crippen LogP) is 3.05. The molecule has 110 valence electrons. The summed E-state index contributed by atoms with van der Waals surface area (Å²) in [4.78, 5) is 14.3. The van der Waals surface area contributed by atoms with E-state index in [0.717, 1.165) is 25.6 Å². The van der Waals surface area contributed by atoms with Crippen LogP contribution in [0.3, 0.4) is 0 Å². The maximum atomic E-state index is 13.6. The number of hydrogen-bond acceptors (Lipinski definition) is 2. The van der Waals surface area contributed by atoms with Crippen LogP contribution in [0, 0.1) is 11.7 Å². The van der Waals surface area contributed by atoms with Gasteiger partial charge in [-0.2, -0.15) is 0 Å². The molecule has 1 fully saturated rings. The minimum absolute atomic E-state index is 0.0892. The molecule has 3 nitrogen and oxygen atoms in total. The predicted molar refractivity (Wildman–Crippen MR) is 81.3 cm³/mol. The summed E-state index contributed by atoms with van der Waals surface area (Å²) in [6, 6.07) is 4.39. The molecule has 0 aliphatic carbocycles. The normalized spacial score (nSPS) is 19.9. The smallest absolute Gasteiger partial charge is 0.254 e. The van der Waals surface area contributed by atoms with E-state index in [1.807, 2.05) is 0 Å². The average molecular weight is 343 g/mol. The number of benzene rings is 1. The Labute approximate surface area is 127 Å². The maximum absolute atomic E-state index is 13.6. The van der Waals surface area contributed by atoms with E-state index in [0.29, 0.717) is 11.0 Å². The van der Waals surface area contributed by atoms with Crippen LogP contribution in [0.5, 0.6) is 0 Å². The summed E-state index contributed by atoms with van der Waals surface area (Å²) in [5.74, 6) is -0.117. The molecule has 1 atom stereocenters. The Balaban J connectivity index is 1.81. The van der Waals surface area contributed by atoms with E-state index in [9.17, 15) is 9.18 Å². The van der Waals surface area contributed by atoms with Crippen molar-refractivity contribution in [3.8, 4) is 0 Å². The zero-order valence-electron chi connectivity index (χ0n) is 11.7. The molecule has 0 aromatic heterocycles. The van der Waals surface area contributed by atoms with Gasteiger partial charge in [-0.1, -0.05) is 22.9 Å². The van der Waals surface area contributed by atoms with E-state index in [-0.39, 0.29) is 11.5 Å². The van der Waals surface area contributed by atoms with Crippen molar-refractivity contribution < 1.29 is 9.18 Å². The zero-order valence-corrected chi connectivity index (χ0v) is 13.2. The van der Waals surface area contributed by atoms with Crippen molar-refractivity contribution in [3.63, 3.8) is 0 Å². The van der Waals surface area contributed by atoms with Crippen LogP contribution in [0.1, 0.15) is 30.1 Å². The monoisotopic (exact) mass is 342 g/mol. The minimum atomic E-state index is -0.489. The Morgan fingerprint density at radius 3 is 3.10 bits per heavy atom.